The highest BCUT2D eigenvalue weighted by atomic mass is 79.9. The van der Waals surface area contributed by atoms with Crippen molar-refractivity contribution >= 4 is 45.0 Å². The number of methoxy groups -OCH3 is 1. The van der Waals surface area contributed by atoms with Gasteiger partial charge in [0.1, 0.15) is 17.1 Å². The van der Waals surface area contributed by atoms with E-state index in [9.17, 15) is 4.79 Å². The number of carboxylic acids is 1. The minimum Gasteiger partial charge on any atom is -0.495 e. The maximum atomic E-state index is 11.2. The van der Waals surface area contributed by atoms with Crippen LogP contribution in [0.5, 0.6) is 5.75 Å². The first-order valence-electron chi connectivity index (χ1n) is 5.50. The van der Waals surface area contributed by atoms with Crippen LogP contribution in [-0.2, 0) is 0 Å². The van der Waals surface area contributed by atoms with Gasteiger partial charge in [-0.2, -0.15) is 0 Å². The number of hydrogen-bond acceptors (Lipinski definition) is 4. The highest BCUT2D eigenvalue weighted by Gasteiger charge is 2.13. The van der Waals surface area contributed by atoms with Crippen molar-refractivity contribution in [2.24, 2.45) is 0 Å². The summed E-state index contributed by atoms with van der Waals surface area (Å²) in [7, 11) is 1.52. The zero-order chi connectivity index (χ0) is 14.7. The van der Waals surface area contributed by atoms with Crippen LogP contribution < -0.4 is 10.1 Å². The third-order valence-electron chi connectivity index (χ3n) is 2.50. The summed E-state index contributed by atoms with van der Waals surface area (Å²) >= 11 is 9.20. The molecule has 0 amide bonds. The van der Waals surface area contributed by atoms with Gasteiger partial charge in [-0.3, -0.25) is 0 Å². The Balaban J connectivity index is 2.35. The molecule has 0 bridgehead atoms. The fraction of sp³-hybridized carbons (Fsp3) is 0.0769. The average molecular weight is 358 g/mol. The Labute approximate surface area is 128 Å². The van der Waals surface area contributed by atoms with Gasteiger partial charge in [-0.25, -0.2) is 9.78 Å². The molecule has 7 heteroatoms. The molecule has 0 aliphatic carbocycles. The highest BCUT2D eigenvalue weighted by molar-refractivity contribution is 9.10. The molecule has 0 atom stereocenters. The van der Waals surface area contributed by atoms with Gasteiger partial charge in [-0.15, -0.1) is 0 Å². The van der Waals surface area contributed by atoms with Gasteiger partial charge < -0.3 is 15.2 Å². The monoisotopic (exact) mass is 356 g/mol. The predicted octanol–water partition coefficient (Wildman–Crippen LogP) is 3.95. The number of carboxylic acid groups (broad SMARTS) is 1. The number of hydrogen-bond donors (Lipinski definition) is 2. The molecule has 2 aromatic rings. The van der Waals surface area contributed by atoms with E-state index in [1.807, 2.05) is 0 Å². The molecule has 0 aliphatic heterocycles. The number of anilines is 2. The van der Waals surface area contributed by atoms with Gasteiger partial charge in [0, 0.05) is 16.4 Å². The van der Waals surface area contributed by atoms with Crippen LogP contribution in [0.15, 0.2) is 34.9 Å². The summed E-state index contributed by atoms with van der Waals surface area (Å²) in [6, 6.07) is 6.52. The third-order valence-corrected chi connectivity index (χ3v) is 3.23. The zero-order valence-corrected chi connectivity index (χ0v) is 12.7. The van der Waals surface area contributed by atoms with Crippen molar-refractivity contribution in [2.75, 3.05) is 12.4 Å². The van der Waals surface area contributed by atoms with Crippen molar-refractivity contribution in [3.63, 3.8) is 0 Å². The lowest BCUT2D eigenvalue weighted by Crippen LogP contribution is -2.05. The lowest BCUT2D eigenvalue weighted by atomic mass is 10.2. The minimum absolute atomic E-state index is 0.0614. The summed E-state index contributed by atoms with van der Waals surface area (Å²) in [5.74, 6) is -0.290. The van der Waals surface area contributed by atoms with Crippen molar-refractivity contribution in [3.8, 4) is 5.75 Å². The van der Waals surface area contributed by atoms with Crippen LogP contribution in [0.3, 0.4) is 0 Å². The molecule has 0 spiro atoms. The first kappa shape index (κ1) is 14.6. The summed E-state index contributed by atoms with van der Waals surface area (Å²) in [6.45, 7) is 0. The smallest absolute Gasteiger partial charge is 0.339 e. The van der Waals surface area contributed by atoms with Gasteiger partial charge >= 0.3 is 5.97 Å². The largest absolute Gasteiger partial charge is 0.495 e. The summed E-state index contributed by atoms with van der Waals surface area (Å²) in [4.78, 5) is 15.2. The Morgan fingerprint density at radius 1 is 1.45 bits per heavy atom. The normalized spacial score (nSPS) is 10.2. The topological polar surface area (TPSA) is 71.5 Å². The molecular weight excluding hydrogens is 348 g/mol. The van der Waals surface area contributed by atoms with E-state index < -0.39 is 5.97 Å². The predicted molar refractivity (Wildman–Crippen MR) is 80.2 cm³/mol. The van der Waals surface area contributed by atoms with Crippen LogP contribution in [0, 0.1) is 0 Å². The maximum Gasteiger partial charge on any atom is 0.339 e. The van der Waals surface area contributed by atoms with Gasteiger partial charge in [0.15, 0.2) is 0 Å². The Bertz CT molecular complexity index is 664. The number of nitrogens with zero attached hydrogens (tertiary/aromatic N) is 1. The van der Waals surface area contributed by atoms with E-state index in [1.165, 1.54) is 19.4 Å². The van der Waals surface area contributed by atoms with Gasteiger partial charge in [-0.1, -0.05) is 11.6 Å². The first-order chi connectivity index (χ1) is 9.51. The van der Waals surface area contributed by atoms with E-state index in [0.717, 1.165) is 0 Å². The van der Waals surface area contributed by atoms with Gasteiger partial charge in [0.05, 0.1) is 12.1 Å². The molecule has 0 fully saturated rings. The molecule has 1 aromatic carbocycles. The van der Waals surface area contributed by atoms with E-state index >= 15 is 0 Å². The van der Waals surface area contributed by atoms with Crippen molar-refractivity contribution in [1.82, 2.24) is 4.98 Å². The van der Waals surface area contributed by atoms with Crippen molar-refractivity contribution in [3.05, 3.63) is 45.5 Å². The maximum absolute atomic E-state index is 11.2. The molecule has 0 unspecified atom stereocenters. The molecule has 0 saturated carbocycles. The lowest BCUT2D eigenvalue weighted by Gasteiger charge is -2.10. The second-order valence-electron chi connectivity index (χ2n) is 3.83. The Hall–Kier alpha value is -1.79. The number of nitrogens with one attached hydrogen (secondary N) is 1. The number of pyridine rings is 1. The Kier molecular flexibility index (Phi) is 4.46. The molecule has 0 aliphatic rings. The number of halogens is 2. The SMILES string of the molecule is COc1ccc(Nc2ncc(Br)cc2C(=O)O)cc1Cl. The first-order valence-corrected chi connectivity index (χ1v) is 6.67. The quantitative estimate of drug-likeness (QED) is 0.867. The van der Waals surface area contributed by atoms with E-state index in [0.29, 0.717) is 20.9 Å². The molecule has 2 rings (SSSR count). The molecule has 20 heavy (non-hydrogen) atoms. The summed E-state index contributed by atoms with van der Waals surface area (Å²) < 4.78 is 5.64. The molecule has 104 valence electrons. The second kappa shape index (κ2) is 6.11. The second-order valence-corrected chi connectivity index (χ2v) is 5.15. The molecule has 2 N–H and O–H groups in total. The number of carbonyl (C=O) groups is 1. The number of rotatable bonds is 4. The standard InChI is InChI=1S/C13H10BrClN2O3/c1-20-11-3-2-8(5-10(11)15)17-12-9(13(18)19)4-7(14)6-16-12/h2-6H,1H3,(H,16,17)(H,18,19). The fourth-order valence-corrected chi connectivity index (χ4v) is 2.17. The number of benzene rings is 1. The summed E-state index contributed by atoms with van der Waals surface area (Å²) in [5.41, 5.74) is 0.680. The van der Waals surface area contributed by atoms with Crippen LogP contribution >= 0.6 is 27.5 Å². The summed E-state index contributed by atoms with van der Waals surface area (Å²) in [5, 5.41) is 12.5. The molecule has 1 heterocycles. The lowest BCUT2D eigenvalue weighted by molar-refractivity contribution is 0.0697. The van der Waals surface area contributed by atoms with Crippen molar-refractivity contribution in [2.45, 2.75) is 0 Å². The highest BCUT2D eigenvalue weighted by Crippen LogP contribution is 2.29. The van der Waals surface area contributed by atoms with Crippen LogP contribution in [0.1, 0.15) is 10.4 Å². The zero-order valence-electron chi connectivity index (χ0n) is 10.4. The van der Waals surface area contributed by atoms with Crippen LogP contribution in [0.4, 0.5) is 11.5 Å². The molecule has 0 radical (unpaired) electrons. The Morgan fingerprint density at radius 3 is 2.80 bits per heavy atom. The van der Waals surface area contributed by atoms with Gasteiger partial charge in [-0.05, 0) is 40.2 Å². The molecular formula is C13H10BrClN2O3. The van der Waals surface area contributed by atoms with E-state index in [2.05, 4.69) is 26.2 Å². The molecule has 1 aromatic heterocycles. The fourth-order valence-electron chi connectivity index (χ4n) is 1.58. The van der Waals surface area contributed by atoms with Crippen molar-refractivity contribution in [1.29, 1.82) is 0 Å². The minimum atomic E-state index is -1.07. The van der Waals surface area contributed by atoms with Crippen LogP contribution in [-0.4, -0.2) is 23.2 Å². The molecule has 0 saturated heterocycles. The molecule has 5 nitrogen and oxygen atoms in total. The Morgan fingerprint density at radius 2 is 2.20 bits per heavy atom. The average Bonchev–Trinajstić information content (AvgIpc) is 2.41. The van der Waals surface area contributed by atoms with E-state index in [4.69, 9.17) is 21.4 Å². The van der Waals surface area contributed by atoms with Crippen LogP contribution in [0.2, 0.25) is 5.02 Å². The third kappa shape index (κ3) is 3.20. The van der Waals surface area contributed by atoms with Crippen LogP contribution in [0.25, 0.3) is 0 Å². The number of aromatic nitrogens is 1. The van der Waals surface area contributed by atoms with Gasteiger partial charge in [0.2, 0.25) is 0 Å². The van der Waals surface area contributed by atoms with Gasteiger partial charge in [0.25, 0.3) is 0 Å². The summed E-state index contributed by atoms with van der Waals surface area (Å²) in [6.07, 6.45) is 1.51. The number of aromatic carboxylic acids is 1. The van der Waals surface area contributed by atoms with E-state index in [1.54, 1.807) is 18.2 Å². The van der Waals surface area contributed by atoms with Crippen molar-refractivity contribution < 1.29 is 14.6 Å². The number of ether oxygens (including phenoxy) is 1. The van der Waals surface area contributed by atoms with E-state index in [-0.39, 0.29) is 11.4 Å².